The molecule has 0 amide bonds. The van der Waals surface area contributed by atoms with Crippen LogP contribution in [0.1, 0.15) is 27.2 Å². The van der Waals surface area contributed by atoms with Crippen molar-refractivity contribution in [3.8, 4) is 0 Å². The van der Waals surface area contributed by atoms with Crippen LogP contribution in [0.15, 0.2) is 0 Å². The number of nitrogens with zero attached hydrogens (tertiary/aromatic N) is 1. The van der Waals surface area contributed by atoms with Gasteiger partial charge in [0.05, 0.1) is 18.2 Å². The van der Waals surface area contributed by atoms with Crippen molar-refractivity contribution < 1.29 is 18.6 Å². The molecule has 5 heteroatoms. The normalized spacial score (nSPS) is 28.8. The van der Waals surface area contributed by atoms with Gasteiger partial charge in [-0.1, -0.05) is 13.8 Å². The Labute approximate surface area is 90.0 Å². The van der Waals surface area contributed by atoms with Crippen LogP contribution >= 0.6 is 0 Å². The molecule has 1 saturated heterocycles. The maximum atomic E-state index is 11.9. The summed E-state index contributed by atoms with van der Waals surface area (Å²) in [4.78, 5) is 1.84. The lowest BCUT2D eigenvalue weighted by Crippen LogP contribution is -2.42. The molecule has 3 nitrogen and oxygen atoms in total. The molecule has 0 saturated carbocycles. The van der Waals surface area contributed by atoms with Crippen LogP contribution in [0, 0.1) is 0 Å². The lowest BCUT2D eigenvalue weighted by atomic mass is 10.1. The van der Waals surface area contributed by atoms with Gasteiger partial charge in [0.2, 0.25) is 0 Å². The minimum absolute atomic E-state index is 0.311. The van der Waals surface area contributed by atoms with Gasteiger partial charge in [-0.25, -0.2) is 0 Å². The van der Waals surface area contributed by atoms with E-state index in [2.05, 4.69) is 4.74 Å². The molecule has 15 heavy (non-hydrogen) atoms. The van der Waals surface area contributed by atoms with Crippen LogP contribution in [0.2, 0.25) is 0 Å². The zero-order chi connectivity index (χ0) is 12.0. The molecule has 1 heterocycles. The Bertz CT molecular complexity index is 168. The van der Waals surface area contributed by atoms with Crippen molar-refractivity contribution in [1.29, 1.82) is 0 Å². The number of rotatable bonds is 3. The van der Waals surface area contributed by atoms with Crippen LogP contribution in [-0.2, 0) is 4.74 Å². The predicted octanol–water partition coefficient (Wildman–Crippen LogP) is 1.71. The average Bonchev–Trinajstić information content (AvgIpc) is 2.49. The van der Waals surface area contributed by atoms with Gasteiger partial charge in [0, 0.05) is 6.54 Å². The monoisotopic (exact) mass is 225 g/mol. The molecule has 0 aromatic heterocycles. The Balaban J connectivity index is 0.000000921. The van der Waals surface area contributed by atoms with Crippen molar-refractivity contribution >= 4 is 0 Å². The topological polar surface area (TPSA) is 32.7 Å². The summed E-state index contributed by atoms with van der Waals surface area (Å²) in [6.45, 7) is 3.53. The number of likely N-dealkylation sites (tertiary alicyclic amines) is 1. The summed E-state index contributed by atoms with van der Waals surface area (Å²) in [5.74, 6) is 0. The molecule has 0 unspecified atom stereocenters. The number of likely N-dealkylation sites (N-methyl/N-ethyl adjacent to an activating group) is 1. The fourth-order valence-corrected chi connectivity index (χ4v) is 1.89. The van der Waals surface area contributed by atoms with Crippen molar-refractivity contribution in [3.63, 3.8) is 0 Å². The third-order valence-electron chi connectivity index (χ3n) is 2.43. The summed E-state index contributed by atoms with van der Waals surface area (Å²) in [6, 6.07) is -0.311. The van der Waals surface area contributed by atoms with Crippen molar-refractivity contribution in [2.75, 3.05) is 13.6 Å². The highest BCUT2D eigenvalue weighted by molar-refractivity contribution is 4.89. The SMILES string of the molecule is CC.C[C@H](O)[C@@H]1[C@@H](OC(F)F)CCN1C. The molecule has 0 aliphatic carbocycles. The molecule has 0 aromatic carbocycles. The molecule has 1 aliphatic rings. The van der Waals surface area contributed by atoms with Crippen LogP contribution in [0.3, 0.4) is 0 Å². The molecule has 0 radical (unpaired) electrons. The van der Waals surface area contributed by atoms with E-state index in [1.807, 2.05) is 18.7 Å². The van der Waals surface area contributed by atoms with Crippen LogP contribution in [0.25, 0.3) is 0 Å². The lowest BCUT2D eigenvalue weighted by molar-refractivity contribution is -0.174. The summed E-state index contributed by atoms with van der Waals surface area (Å²) in [5, 5.41) is 9.34. The third-order valence-corrected chi connectivity index (χ3v) is 2.43. The van der Waals surface area contributed by atoms with E-state index in [-0.39, 0.29) is 6.04 Å². The van der Waals surface area contributed by atoms with Crippen molar-refractivity contribution in [1.82, 2.24) is 4.90 Å². The number of hydrogen-bond donors (Lipinski definition) is 1. The molecule has 0 aromatic rings. The summed E-state index contributed by atoms with van der Waals surface area (Å²) in [7, 11) is 1.80. The molecule has 1 fully saturated rings. The van der Waals surface area contributed by atoms with E-state index in [4.69, 9.17) is 0 Å². The minimum atomic E-state index is -2.75. The first-order valence-corrected chi connectivity index (χ1v) is 5.34. The fourth-order valence-electron chi connectivity index (χ4n) is 1.89. The predicted molar refractivity (Wildman–Crippen MR) is 54.9 cm³/mol. The van der Waals surface area contributed by atoms with Crippen LogP contribution in [-0.4, -0.2) is 48.5 Å². The van der Waals surface area contributed by atoms with Crippen molar-refractivity contribution in [2.45, 2.75) is 52.1 Å². The Morgan fingerprint density at radius 2 is 1.93 bits per heavy atom. The van der Waals surface area contributed by atoms with Gasteiger partial charge < -0.3 is 9.84 Å². The highest BCUT2D eigenvalue weighted by Crippen LogP contribution is 2.23. The molecular formula is C10H21F2NO2. The number of aliphatic hydroxyl groups excluding tert-OH is 1. The van der Waals surface area contributed by atoms with Gasteiger partial charge >= 0.3 is 6.61 Å². The van der Waals surface area contributed by atoms with E-state index in [1.54, 1.807) is 14.0 Å². The highest BCUT2D eigenvalue weighted by atomic mass is 19.3. The van der Waals surface area contributed by atoms with Crippen LogP contribution < -0.4 is 0 Å². The highest BCUT2D eigenvalue weighted by Gasteiger charge is 2.37. The summed E-state index contributed by atoms with van der Waals surface area (Å²) in [5.41, 5.74) is 0. The fraction of sp³-hybridized carbons (Fsp3) is 1.00. The van der Waals surface area contributed by atoms with E-state index >= 15 is 0 Å². The first-order chi connectivity index (χ1) is 7.02. The van der Waals surface area contributed by atoms with Crippen LogP contribution in [0.4, 0.5) is 8.78 Å². The zero-order valence-corrected chi connectivity index (χ0v) is 9.78. The summed E-state index contributed by atoms with van der Waals surface area (Å²) >= 11 is 0. The van der Waals surface area contributed by atoms with Crippen molar-refractivity contribution in [3.05, 3.63) is 0 Å². The van der Waals surface area contributed by atoms with E-state index < -0.39 is 18.8 Å². The van der Waals surface area contributed by atoms with Gasteiger partial charge in [-0.05, 0) is 20.4 Å². The van der Waals surface area contributed by atoms with Gasteiger partial charge in [0.15, 0.2) is 0 Å². The second-order valence-corrected chi connectivity index (χ2v) is 3.44. The van der Waals surface area contributed by atoms with Gasteiger partial charge in [0.1, 0.15) is 0 Å². The maximum Gasteiger partial charge on any atom is 0.345 e. The van der Waals surface area contributed by atoms with Gasteiger partial charge in [0.25, 0.3) is 0 Å². The van der Waals surface area contributed by atoms with Gasteiger partial charge in [-0.3, -0.25) is 4.90 Å². The number of halogens is 2. The number of hydrogen-bond acceptors (Lipinski definition) is 3. The first kappa shape index (κ1) is 14.7. The molecule has 1 N–H and O–H groups in total. The molecule has 0 spiro atoms. The molecule has 1 aliphatic heterocycles. The Kier molecular flexibility index (Phi) is 6.96. The molecule has 92 valence electrons. The Morgan fingerprint density at radius 1 is 1.40 bits per heavy atom. The van der Waals surface area contributed by atoms with E-state index in [0.717, 1.165) is 0 Å². The zero-order valence-electron chi connectivity index (χ0n) is 9.78. The number of alkyl halides is 2. The second-order valence-electron chi connectivity index (χ2n) is 3.44. The van der Waals surface area contributed by atoms with Gasteiger partial charge in [-0.2, -0.15) is 8.78 Å². The summed E-state index contributed by atoms with van der Waals surface area (Å²) in [6.07, 6.45) is -0.641. The van der Waals surface area contributed by atoms with E-state index in [1.165, 1.54) is 0 Å². The lowest BCUT2D eigenvalue weighted by Gasteiger charge is -2.27. The largest absolute Gasteiger partial charge is 0.392 e. The summed E-state index contributed by atoms with van der Waals surface area (Å²) < 4.78 is 28.3. The van der Waals surface area contributed by atoms with Gasteiger partial charge in [-0.15, -0.1) is 0 Å². The molecule has 1 rings (SSSR count). The van der Waals surface area contributed by atoms with E-state index in [0.29, 0.717) is 13.0 Å². The average molecular weight is 225 g/mol. The standard InChI is InChI=1S/C8H15F2NO2.C2H6/c1-5(12)7-6(13-8(9)10)3-4-11(7)2;1-2/h5-8,12H,3-4H2,1-2H3;1-2H3/t5-,6-,7+;/m0./s1. The number of aliphatic hydroxyl groups is 1. The number of ether oxygens (including phenoxy) is 1. The van der Waals surface area contributed by atoms with Crippen LogP contribution in [0.5, 0.6) is 0 Å². The Hall–Kier alpha value is -0.260. The quantitative estimate of drug-likeness (QED) is 0.793. The Morgan fingerprint density at radius 3 is 2.33 bits per heavy atom. The van der Waals surface area contributed by atoms with Crippen molar-refractivity contribution in [2.24, 2.45) is 0 Å². The molecule has 0 bridgehead atoms. The maximum absolute atomic E-state index is 11.9. The minimum Gasteiger partial charge on any atom is -0.392 e. The molecular weight excluding hydrogens is 204 g/mol. The molecule has 3 atom stereocenters. The van der Waals surface area contributed by atoms with E-state index in [9.17, 15) is 13.9 Å². The first-order valence-electron chi connectivity index (χ1n) is 5.34. The smallest absolute Gasteiger partial charge is 0.345 e. The second kappa shape index (κ2) is 7.09. The third kappa shape index (κ3) is 4.40.